The molecular weight excluding hydrogens is 236 g/mol. The van der Waals surface area contributed by atoms with Gasteiger partial charge in [0, 0.05) is 18.8 Å². The maximum atomic E-state index is 5.16. The van der Waals surface area contributed by atoms with Crippen LogP contribution in [0.1, 0.15) is 25.8 Å². The van der Waals surface area contributed by atoms with Crippen molar-refractivity contribution in [3.05, 3.63) is 29.8 Å². The van der Waals surface area contributed by atoms with Gasteiger partial charge in [0.15, 0.2) is 0 Å². The number of benzene rings is 1. The van der Waals surface area contributed by atoms with E-state index in [0.717, 1.165) is 24.3 Å². The number of hydrogen-bond acceptors (Lipinski definition) is 3. The minimum atomic E-state index is 0.438. The van der Waals surface area contributed by atoms with Gasteiger partial charge in [0.25, 0.3) is 0 Å². The highest BCUT2D eigenvalue weighted by Gasteiger charge is 2.27. The molecule has 0 aliphatic carbocycles. The lowest BCUT2D eigenvalue weighted by Gasteiger charge is -2.37. The van der Waals surface area contributed by atoms with Crippen LogP contribution in [0.3, 0.4) is 0 Å². The van der Waals surface area contributed by atoms with Crippen molar-refractivity contribution in [1.29, 1.82) is 0 Å². The quantitative estimate of drug-likeness (QED) is 0.781. The van der Waals surface area contributed by atoms with Crippen LogP contribution in [0.25, 0.3) is 0 Å². The molecule has 0 unspecified atom stereocenters. The Kier molecular flexibility index (Phi) is 4.59. The van der Waals surface area contributed by atoms with E-state index in [1.165, 1.54) is 0 Å². The molecule has 2 rings (SSSR count). The van der Waals surface area contributed by atoms with Gasteiger partial charge in [-0.25, -0.2) is 0 Å². The van der Waals surface area contributed by atoms with Gasteiger partial charge in [-0.1, -0.05) is 6.92 Å². The van der Waals surface area contributed by atoms with Crippen molar-refractivity contribution in [2.45, 2.75) is 32.4 Å². The second kappa shape index (κ2) is 6.20. The Morgan fingerprint density at radius 3 is 2.58 bits per heavy atom. The first-order chi connectivity index (χ1) is 9.10. The summed E-state index contributed by atoms with van der Waals surface area (Å²) in [6.07, 6.45) is 3.14. The Morgan fingerprint density at radius 2 is 1.95 bits per heavy atom. The van der Waals surface area contributed by atoms with Crippen LogP contribution in [0.4, 0.5) is 0 Å². The van der Waals surface area contributed by atoms with Crippen molar-refractivity contribution in [2.75, 3.05) is 20.7 Å². The summed E-state index contributed by atoms with van der Waals surface area (Å²) in [6, 6.07) is 9.10. The van der Waals surface area contributed by atoms with Gasteiger partial charge in [-0.2, -0.15) is 0 Å². The van der Waals surface area contributed by atoms with E-state index in [9.17, 15) is 0 Å². The normalized spacial score (nSPS) is 28.7. The number of ether oxygens (including phenoxy) is 1. The first kappa shape index (κ1) is 14.1. The number of rotatable bonds is 3. The lowest BCUT2D eigenvalue weighted by Crippen LogP contribution is -2.44. The predicted molar refractivity (Wildman–Crippen MR) is 80.2 cm³/mol. The molecule has 1 aliphatic rings. The number of hydrogen-bond donors (Lipinski definition) is 0. The highest BCUT2D eigenvalue weighted by molar-refractivity contribution is 5.79. The molecule has 0 spiro atoms. The second-order valence-corrected chi connectivity index (χ2v) is 5.62. The smallest absolute Gasteiger partial charge is 0.118 e. The molecule has 1 aromatic carbocycles. The van der Waals surface area contributed by atoms with Crippen molar-refractivity contribution >= 4 is 6.21 Å². The molecule has 1 fully saturated rings. The van der Waals surface area contributed by atoms with Crippen LogP contribution < -0.4 is 4.74 Å². The first-order valence-corrected chi connectivity index (χ1v) is 6.97. The van der Waals surface area contributed by atoms with Gasteiger partial charge in [0.2, 0.25) is 0 Å². The van der Waals surface area contributed by atoms with Gasteiger partial charge in [-0.3, -0.25) is 4.99 Å². The average Bonchev–Trinajstić information content (AvgIpc) is 2.42. The van der Waals surface area contributed by atoms with Gasteiger partial charge >= 0.3 is 0 Å². The molecule has 1 heterocycles. The van der Waals surface area contributed by atoms with Crippen LogP contribution in [0, 0.1) is 5.92 Å². The van der Waals surface area contributed by atoms with Crippen molar-refractivity contribution in [3.8, 4) is 5.75 Å². The summed E-state index contributed by atoms with van der Waals surface area (Å²) in [6.45, 7) is 5.70. The van der Waals surface area contributed by atoms with Gasteiger partial charge < -0.3 is 9.64 Å². The van der Waals surface area contributed by atoms with Gasteiger partial charge in [0.05, 0.1) is 13.2 Å². The molecule has 1 saturated heterocycles. The van der Waals surface area contributed by atoms with E-state index < -0.39 is 0 Å². The molecule has 0 bridgehead atoms. The molecule has 3 atom stereocenters. The Morgan fingerprint density at radius 1 is 1.26 bits per heavy atom. The lowest BCUT2D eigenvalue weighted by atomic mass is 9.90. The third-order valence-corrected chi connectivity index (χ3v) is 4.10. The fraction of sp³-hybridized carbons (Fsp3) is 0.562. The van der Waals surface area contributed by atoms with Gasteiger partial charge in [-0.05, 0) is 56.1 Å². The average molecular weight is 260 g/mol. The first-order valence-electron chi connectivity index (χ1n) is 6.97. The van der Waals surface area contributed by atoms with Crippen LogP contribution in [0.2, 0.25) is 0 Å². The molecular formula is C16H24N2O. The summed E-state index contributed by atoms with van der Waals surface area (Å²) in [7, 11) is 3.88. The molecule has 3 heteroatoms. The highest BCUT2D eigenvalue weighted by Crippen LogP contribution is 2.23. The van der Waals surface area contributed by atoms with E-state index in [4.69, 9.17) is 9.73 Å². The molecule has 0 N–H and O–H groups in total. The van der Waals surface area contributed by atoms with Crippen LogP contribution in [0.15, 0.2) is 29.3 Å². The predicted octanol–water partition coefficient (Wildman–Crippen LogP) is 2.84. The number of nitrogens with zero attached hydrogens (tertiary/aromatic N) is 2. The SMILES string of the molecule is COc1ccc(C=N[C@@H]2C[C@@H](C)N(C)C[C@H]2C)cc1. The van der Waals surface area contributed by atoms with Crippen molar-refractivity contribution in [2.24, 2.45) is 10.9 Å². The van der Waals surface area contributed by atoms with Crippen LogP contribution >= 0.6 is 0 Å². The molecule has 0 aromatic heterocycles. The highest BCUT2D eigenvalue weighted by atomic mass is 16.5. The lowest BCUT2D eigenvalue weighted by molar-refractivity contribution is 0.139. The summed E-state index contributed by atoms with van der Waals surface area (Å²) < 4.78 is 5.16. The minimum absolute atomic E-state index is 0.438. The zero-order valence-electron chi connectivity index (χ0n) is 12.3. The number of piperidine rings is 1. The van der Waals surface area contributed by atoms with Gasteiger partial charge in [-0.15, -0.1) is 0 Å². The second-order valence-electron chi connectivity index (χ2n) is 5.62. The maximum absolute atomic E-state index is 5.16. The van der Waals surface area contributed by atoms with E-state index >= 15 is 0 Å². The molecule has 1 aromatic rings. The van der Waals surface area contributed by atoms with Crippen molar-refractivity contribution in [3.63, 3.8) is 0 Å². The molecule has 3 nitrogen and oxygen atoms in total. The Bertz CT molecular complexity index is 427. The van der Waals surface area contributed by atoms with Crippen LogP contribution in [-0.2, 0) is 0 Å². The zero-order valence-corrected chi connectivity index (χ0v) is 12.3. The third-order valence-electron chi connectivity index (χ3n) is 4.10. The van der Waals surface area contributed by atoms with E-state index in [-0.39, 0.29) is 0 Å². The fourth-order valence-corrected chi connectivity index (χ4v) is 2.60. The van der Waals surface area contributed by atoms with E-state index in [2.05, 4.69) is 25.8 Å². The number of likely N-dealkylation sites (tertiary alicyclic amines) is 1. The van der Waals surface area contributed by atoms with E-state index in [1.807, 2.05) is 30.5 Å². The Hall–Kier alpha value is -1.35. The molecule has 1 aliphatic heterocycles. The van der Waals surface area contributed by atoms with Crippen molar-refractivity contribution in [1.82, 2.24) is 4.90 Å². The van der Waals surface area contributed by atoms with Gasteiger partial charge in [0.1, 0.15) is 5.75 Å². The molecule has 104 valence electrons. The minimum Gasteiger partial charge on any atom is -0.497 e. The summed E-state index contributed by atoms with van der Waals surface area (Å²) in [4.78, 5) is 7.20. The molecule has 0 amide bonds. The maximum Gasteiger partial charge on any atom is 0.118 e. The molecule has 0 saturated carbocycles. The molecule has 19 heavy (non-hydrogen) atoms. The summed E-state index contributed by atoms with van der Waals surface area (Å²) in [5.74, 6) is 1.51. The van der Waals surface area contributed by atoms with E-state index in [1.54, 1.807) is 7.11 Å². The van der Waals surface area contributed by atoms with Crippen LogP contribution in [-0.4, -0.2) is 43.9 Å². The Balaban J connectivity index is 2.00. The third kappa shape index (κ3) is 3.57. The largest absolute Gasteiger partial charge is 0.497 e. The summed E-state index contributed by atoms with van der Waals surface area (Å²) >= 11 is 0. The number of aliphatic imine (C=N–C) groups is 1. The Labute approximate surface area is 116 Å². The zero-order chi connectivity index (χ0) is 13.8. The van der Waals surface area contributed by atoms with Crippen molar-refractivity contribution < 1.29 is 4.74 Å². The molecule has 0 radical (unpaired) electrons. The van der Waals surface area contributed by atoms with Crippen LogP contribution in [0.5, 0.6) is 5.75 Å². The monoisotopic (exact) mass is 260 g/mol. The standard InChI is InChI=1S/C16H24N2O/c1-12-11-18(3)13(2)9-16(12)17-10-14-5-7-15(19-4)8-6-14/h5-8,10,12-13,16H,9,11H2,1-4H3/t12-,13-,16-/m1/s1. The summed E-state index contributed by atoms with van der Waals surface area (Å²) in [5.41, 5.74) is 1.14. The fourth-order valence-electron chi connectivity index (χ4n) is 2.60. The number of methoxy groups -OCH3 is 1. The van der Waals surface area contributed by atoms with E-state index in [0.29, 0.717) is 18.0 Å². The topological polar surface area (TPSA) is 24.8 Å². The summed E-state index contributed by atoms with van der Waals surface area (Å²) in [5, 5.41) is 0.